The molecule has 3 rings (SSSR count). The summed E-state index contributed by atoms with van der Waals surface area (Å²) in [6.07, 6.45) is -4.35. The molecule has 0 aliphatic carbocycles. The van der Waals surface area contributed by atoms with E-state index < -0.39 is 11.7 Å². The quantitative estimate of drug-likeness (QED) is 0.799. The van der Waals surface area contributed by atoms with E-state index in [1.54, 1.807) is 37.4 Å². The Morgan fingerprint density at radius 2 is 1.79 bits per heavy atom. The molecule has 2 N–H and O–H groups in total. The second kappa shape index (κ2) is 8.73. The van der Waals surface area contributed by atoms with E-state index in [1.807, 2.05) is 11.8 Å². The lowest BCUT2D eigenvalue weighted by atomic mass is 10.1. The van der Waals surface area contributed by atoms with E-state index in [2.05, 4.69) is 5.32 Å². The number of hydrogen-bond donors (Lipinski definition) is 2. The summed E-state index contributed by atoms with van der Waals surface area (Å²) in [5.74, 6) is 0.630. The number of quaternary nitrogens is 1. The maximum atomic E-state index is 12.9. The van der Waals surface area contributed by atoms with Gasteiger partial charge in [0.15, 0.2) is 6.04 Å². The largest absolute Gasteiger partial charge is 0.497 e. The van der Waals surface area contributed by atoms with E-state index in [9.17, 15) is 18.0 Å². The van der Waals surface area contributed by atoms with Gasteiger partial charge >= 0.3 is 6.18 Å². The second-order valence-corrected chi connectivity index (χ2v) is 7.13. The molecule has 0 radical (unpaired) electrons. The first-order valence-corrected chi connectivity index (χ1v) is 9.49. The first-order valence-electron chi connectivity index (χ1n) is 9.49. The SMILES string of the molecule is COc1ccc(NC(=O)[C@@H](C)[NH+]2CCN(c3cccc(C(F)(F)F)c3)CC2)cc1. The van der Waals surface area contributed by atoms with Crippen molar-refractivity contribution in [1.29, 1.82) is 0 Å². The Morgan fingerprint density at radius 1 is 1.14 bits per heavy atom. The average Bonchev–Trinajstić information content (AvgIpc) is 2.73. The first-order chi connectivity index (χ1) is 13.8. The highest BCUT2D eigenvalue weighted by Crippen LogP contribution is 2.31. The molecule has 0 spiro atoms. The topological polar surface area (TPSA) is 46.0 Å². The van der Waals surface area contributed by atoms with Gasteiger partial charge in [-0.25, -0.2) is 0 Å². The van der Waals surface area contributed by atoms with Gasteiger partial charge in [0.25, 0.3) is 5.91 Å². The van der Waals surface area contributed by atoms with Crippen LogP contribution in [0.3, 0.4) is 0 Å². The Morgan fingerprint density at radius 3 is 2.38 bits per heavy atom. The van der Waals surface area contributed by atoms with Crippen molar-refractivity contribution in [2.24, 2.45) is 0 Å². The molecule has 2 aromatic carbocycles. The smallest absolute Gasteiger partial charge is 0.416 e. The molecule has 8 heteroatoms. The number of rotatable bonds is 5. The van der Waals surface area contributed by atoms with Crippen LogP contribution in [0.5, 0.6) is 5.75 Å². The molecule has 1 aliphatic heterocycles. The van der Waals surface area contributed by atoms with Crippen LogP contribution in [-0.2, 0) is 11.0 Å². The summed E-state index contributed by atoms with van der Waals surface area (Å²) in [7, 11) is 1.58. The standard InChI is InChI=1S/C21H24F3N3O2/c1-15(20(28)25-17-6-8-19(29-2)9-7-17)26-10-12-27(13-11-26)18-5-3-4-16(14-18)21(22,23)24/h3-9,14-15H,10-13H2,1-2H3,(H,25,28)/p+1/t15-/m1/s1. The summed E-state index contributed by atoms with van der Waals surface area (Å²) >= 11 is 0. The van der Waals surface area contributed by atoms with Crippen LogP contribution in [0.2, 0.25) is 0 Å². The number of carbonyl (C=O) groups is 1. The summed E-state index contributed by atoms with van der Waals surface area (Å²) in [5, 5.41) is 2.90. The van der Waals surface area contributed by atoms with Crippen LogP contribution < -0.4 is 19.9 Å². The van der Waals surface area contributed by atoms with E-state index in [1.165, 1.54) is 12.1 Å². The molecule has 1 atom stereocenters. The Labute approximate surface area is 168 Å². The van der Waals surface area contributed by atoms with Gasteiger partial charge in [0.1, 0.15) is 5.75 Å². The van der Waals surface area contributed by atoms with Crippen LogP contribution in [0.25, 0.3) is 0 Å². The average molecular weight is 408 g/mol. The summed E-state index contributed by atoms with van der Waals surface area (Å²) in [6.45, 7) is 4.41. The lowest BCUT2D eigenvalue weighted by molar-refractivity contribution is -0.914. The van der Waals surface area contributed by atoms with Gasteiger partial charge in [-0.1, -0.05) is 6.07 Å². The number of halogens is 3. The van der Waals surface area contributed by atoms with Crippen molar-refractivity contribution in [2.45, 2.75) is 19.1 Å². The van der Waals surface area contributed by atoms with Crippen LogP contribution in [0, 0.1) is 0 Å². The van der Waals surface area contributed by atoms with Crippen molar-refractivity contribution in [2.75, 3.05) is 43.5 Å². The number of anilines is 2. The summed E-state index contributed by atoms with van der Waals surface area (Å²) < 4.78 is 43.9. The first kappa shape index (κ1) is 21.0. The van der Waals surface area contributed by atoms with Crippen LogP contribution >= 0.6 is 0 Å². The number of benzene rings is 2. The Hall–Kier alpha value is -2.74. The van der Waals surface area contributed by atoms with Crippen LogP contribution in [0.15, 0.2) is 48.5 Å². The molecule has 156 valence electrons. The molecule has 29 heavy (non-hydrogen) atoms. The molecule has 0 aromatic heterocycles. The zero-order valence-corrected chi connectivity index (χ0v) is 16.4. The number of alkyl halides is 3. The van der Waals surface area contributed by atoms with Gasteiger partial charge in [0, 0.05) is 11.4 Å². The second-order valence-electron chi connectivity index (χ2n) is 7.13. The van der Waals surface area contributed by atoms with E-state index in [0.29, 0.717) is 43.3 Å². The Kier molecular flexibility index (Phi) is 6.32. The number of carbonyl (C=O) groups excluding carboxylic acids is 1. The van der Waals surface area contributed by atoms with E-state index >= 15 is 0 Å². The van der Waals surface area contributed by atoms with Gasteiger partial charge in [-0.2, -0.15) is 13.2 Å². The third-order valence-corrected chi connectivity index (χ3v) is 5.31. The molecule has 0 bridgehead atoms. The lowest BCUT2D eigenvalue weighted by Crippen LogP contribution is -3.19. The highest BCUT2D eigenvalue weighted by atomic mass is 19.4. The normalized spacial score (nSPS) is 16.4. The number of methoxy groups -OCH3 is 1. The maximum absolute atomic E-state index is 12.9. The zero-order chi connectivity index (χ0) is 21.0. The van der Waals surface area contributed by atoms with Gasteiger partial charge in [-0.15, -0.1) is 0 Å². The molecule has 1 amide bonds. The number of amides is 1. The molecule has 1 heterocycles. The molecule has 0 saturated carbocycles. The molecular formula is C21H25F3N3O2+. The van der Waals surface area contributed by atoms with Gasteiger partial charge in [-0.05, 0) is 49.4 Å². The van der Waals surface area contributed by atoms with Gasteiger partial charge in [0.05, 0.1) is 38.9 Å². The van der Waals surface area contributed by atoms with E-state index in [0.717, 1.165) is 11.0 Å². The fraction of sp³-hybridized carbons (Fsp3) is 0.381. The van der Waals surface area contributed by atoms with Crippen LogP contribution in [0.1, 0.15) is 12.5 Å². The highest BCUT2D eigenvalue weighted by molar-refractivity contribution is 5.93. The molecule has 0 unspecified atom stereocenters. The number of ether oxygens (including phenoxy) is 1. The van der Waals surface area contributed by atoms with Crippen molar-refractivity contribution < 1.29 is 27.6 Å². The lowest BCUT2D eigenvalue weighted by Gasteiger charge is -2.36. The monoisotopic (exact) mass is 408 g/mol. The molecule has 2 aromatic rings. The van der Waals surface area contributed by atoms with Crippen molar-refractivity contribution >= 4 is 17.3 Å². The van der Waals surface area contributed by atoms with E-state index in [-0.39, 0.29) is 11.9 Å². The summed E-state index contributed by atoms with van der Waals surface area (Å²) in [6, 6.07) is 12.3. The molecule has 1 saturated heterocycles. The number of nitrogens with zero attached hydrogens (tertiary/aromatic N) is 1. The van der Waals surface area contributed by atoms with Crippen LogP contribution in [-0.4, -0.2) is 45.2 Å². The Balaban J connectivity index is 1.56. The van der Waals surface area contributed by atoms with Crippen molar-refractivity contribution in [3.63, 3.8) is 0 Å². The number of hydrogen-bond acceptors (Lipinski definition) is 3. The number of piperazine rings is 1. The fourth-order valence-corrected chi connectivity index (χ4v) is 3.47. The predicted octanol–water partition coefficient (Wildman–Crippen LogP) is 2.45. The van der Waals surface area contributed by atoms with Gasteiger partial charge < -0.3 is 19.9 Å². The van der Waals surface area contributed by atoms with E-state index in [4.69, 9.17) is 4.74 Å². The fourth-order valence-electron chi connectivity index (χ4n) is 3.47. The van der Waals surface area contributed by atoms with Crippen LogP contribution in [0.4, 0.5) is 24.5 Å². The Bertz CT molecular complexity index is 832. The minimum atomic E-state index is -4.35. The minimum absolute atomic E-state index is 0.0855. The third kappa shape index (κ3) is 5.20. The molecule has 1 aliphatic rings. The molecule has 5 nitrogen and oxygen atoms in total. The maximum Gasteiger partial charge on any atom is 0.416 e. The van der Waals surface area contributed by atoms with Crippen molar-refractivity contribution in [3.8, 4) is 5.75 Å². The molecule has 1 fully saturated rings. The van der Waals surface area contributed by atoms with Gasteiger partial charge in [0.2, 0.25) is 0 Å². The summed E-state index contributed by atoms with van der Waals surface area (Å²) in [5.41, 5.74) is 0.621. The molecular weight excluding hydrogens is 383 g/mol. The predicted molar refractivity (Wildman–Crippen MR) is 105 cm³/mol. The minimum Gasteiger partial charge on any atom is -0.497 e. The number of nitrogens with one attached hydrogen (secondary N) is 2. The van der Waals surface area contributed by atoms with Gasteiger partial charge in [-0.3, -0.25) is 4.79 Å². The summed E-state index contributed by atoms with van der Waals surface area (Å²) in [4.78, 5) is 15.6. The zero-order valence-electron chi connectivity index (χ0n) is 16.4. The highest BCUT2D eigenvalue weighted by Gasteiger charge is 2.32. The van der Waals surface area contributed by atoms with Crippen molar-refractivity contribution in [3.05, 3.63) is 54.1 Å². The van der Waals surface area contributed by atoms with Crippen molar-refractivity contribution in [1.82, 2.24) is 0 Å². The third-order valence-electron chi connectivity index (χ3n) is 5.31.